The van der Waals surface area contributed by atoms with Crippen molar-refractivity contribution in [2.24, 2.45) is 0 Å². The monoisotopic (exact) mass is 409 g/mol. The second-order valence-corrected chi connectivity index (χ2v) is 8.42. The zero-order valence-electron chi connectivity index (χ0n) is 14.0. The van der Waals surface area contributed by atoms with Crippen LogP contribution < -0.4 is 5.32 Å². The van der Waals surface area contributed by atoms with E-state index in [-0.39, 0.29) is 11.0 Å². The predicted molar refractivity (Wildman–Crippen MR) is 113 cm³/mol. The molecule has 0 bridgehead atoms. The standard InChI is InChI=1S/C22H13Cl2NOS/c23-15-10-9-12(11-16(15)24)22-19-20(13-5-1-2-6-14(13)21(19)26)25-17-7-3-4-8-18(17)27-22/h1-11,22,25H/t22-/m0/s1. The number of carbonyl (C=O) groups is 1. The number of halogens is 2. The van der Waals surface area contributed by atoms with Gasteiger partial charge >= 0.3 is 0 Å². The van der Waals surface area contributed by atoms with Crippen molar-refractivity contribution in [3.05, 3.63) is 99.0 Å². The summed E-state index contributed by atoms with van der Waals surface area (Å²) >= 11 is 14.1. The molecule has 0 saturated carbocycles. The van der Waals surface area contributed by atoms with Crippen LogP contribution in [0.5, 0.6) is 0 Å². The van der Waals surface area contributed by atoms with E-state index in [0.29, 0.717) is 10.0 Å². The predicted octanol–water partition coefficient (Wildman–Crippen LogP) is 6.86. The molecule has 1 heterocycles. The van der Waals surface area contributed by atoms with Crippen molar-refractivity contribution in [2.45, 2.75) is 10.1 Å². The fourth-order valence-corrected chi connectivity index (χ4v) is 5.18. The number of nitrogens with one attached hydrogen (secondary N) is 1. The summed E-state index contributed by atoms with van der Waals surface area (Å²) in [4.78, 5) is 14.4. The summed E-state index contributed by atoms with van der Waals surface area (Å²) in [5.74, 6) is 0.0597. The smallest absolute Gasteiger partial charge is 0.193 e. The molecule has 1 atom stereocenters. The van der Waals surface area contributed by atoms with Gasteiger partial charge in [-0.2, -0.15) is 0 Å². The molecule has 3 aromatic rings. The number of thioether (sulfide) groups is 1. The minimum atomic E-state index is -0.175. The lowest BCUT2D eigenvalue weighted by atomic mass is 10.0. The normalized spacial score (nSPS) is 17.7. The first-order valence-corrected chi connectivity index (χ1v) is 10.1. The molecule has 0 amide bonds. The van der Waals surface area contributed by atoms with Crippen molar-refractivity contribution in [3.63, 3.8) is 0 Å². The Morgan fingerprint density at radius 3 is 2.41 bits per heavy atom. The Balaban J connectivity index is 1.75. The van der Waals surface area contributed by atoms with Gasteiger partial charge in [-0.25, -0.2) is 0 Å². The number of carbonyl (C=O) groups excluding carboxylic acids is 1. The maximum atomic E-state index is 13.3. The van der Waals surface area contributed by atoms with E-state index >= 15 is 0 Å². The summed E-state index contributed by atoms with van der Waals surface area (Å²) in [5, 5.41) is 4.34. The molecule has 0 spiro atoms. The number of anilines is 1. The molecule has 2 nitrogen and oxygen atoms in total. The van der Waals surface area contributed by atoms with E-state index in [1.807, 2.05) is 54.6 Å². The van der Waals surface area contributed by atoms with Crippen LogP contribution in [0.1, 0.15) is 26.7 Å². The minimum Gasteiger partial charge on any atom is -0.354 e. The zero-order chi connectivity index (χ0) is 18.5. The Kier molecular flexibility index (Phi) is 4.05. The van der Waals surface area contributed by atoms with Crippen LogP contribution in [0.3, 0.4) is 0 Å². The molecule has 5 heteroatoms. The van der Waals surface area contributed by atoms with Crippen LogP contribution in [-0.4, -0.2) is 5.78 Å². The number of para-hydroxylation sites is 1. The van der Waals surface area contributed by atoms with E-state index < -0.39 is 0 Å². The van der Waals surface area contributed by atoms with Crippen molar-refractivity contribution in [2.75, 3.05) is 5.32 Å². The molecule has 3 aromatic carbocycles. The molecule has 132 valence electrons. The molecular weight excluding hydrogens is 397 g/mol. The highest BCUT2D eigenvalue weighted by atomic mass is 35.5. The SMILES string of the molecule is O=C1C2=C(Nc3ccccc3S[C@H]2c2ccc(Cl)c(Cl)c2)c2ccccc21. The van der Waals surface area contributed by atoms with Crippen molar-refractivity contribution in [1.82, 2.24) is 0 Å². The van der Waals surface area contributed by atoms with Crippen LogP contribution in [0.4, 0.5) is 5.69 Å². The van der Waals surface area contributed by atoms with Gasteiger partial charge in [0.05, 0.1) is 26.7 Å². The third-order valence-electron chi connectivity index (χ3n) is 4.86. The number of fused-ring (bicyclic) bond motifs is 3. The highest BCUT2D eigenvalue weighted by molar-refractivity contribution is 8.00. The lowest BCUT2D eigenvalue weighted by Gasteiger charge is -2.18. The summed E-state index contributed by atoms with van der Waals surface area (Å²) in [6, 6.07) is 21.4. The number of Topliss-reactive ketones (excluding diaryl/α,β-unsaturated/α-hetero) is 1. The van der Waals surface area contributed by atoms with E-state index in [2.05, 4.69) is 11.4 Å². The van der Waals surface area contributed by atoms with Gasteiger partial charge < -0.3 is 5.32 Å². The van der Waals surface area contributed by atoms with Gasteiger partial charge in [-0.15, -0.1) is 11.8 Å². The summed E-state index contributed by atoms with van der Waals surface area (Å²) < 4.78 is 0. The van der Waals surface area contributed by atoms with Gasteiger partial charge in [-0.1, -0.05) is 65.7 Å². The molecule has 0 aromatic heterocycles. The fourth-order valence-electron chi connectivity index (χ4n) is 3.59. The van der Waals surface area contributed by atoms with Crippen LogP contribution in [0.2, 0.25) is 10.0 Å². The topological polar surface area (TPSA) is 29.1 Å². The number of benzene rings is 3. The van der Waals surface area contributed by atoms with Crippen LogP contribution in [-0.2, 0) is 0 Å². The average Bonchev–Trinajstić information content (AvgIpc) is 2.85. The molecule has 2 aliphatic rings. The maximum Gasteiger partial charge on any atom is 0.193 e. The molecule has 1 N–H and O–H groups in total. The second kappa shape index (κ2) is 6.45. The second-order valence-electron chi connectivity index (χ2n) is 6.46. The van der Waals surface area contributed by atoms with Crippen molar-refractivity contribution < 1.29 is 4.79 Å². The molecule has 0 fully saturated rings. The molecule has 0 unspecified atom stereocenters. The lowest BCUT2D eigenvalue weighted by Crippen LogP contribution is -2.07. The molecule has 0 saturated heterocycles. The fraction of sp³-hybridized carbons (Fsp3) is 0.0455. The van der Waals surface area contributed by atoms with Crippen LogP contribution in [0, 0.1) is 0 Å². The van der Waals surface area contributed by atoms with Crippen LogP contribution in [0.15, 0.2) is 77.2 Å². The average molecular weight is 410 g/mol. The molecule has 5 rings (SSSR count). The quantitative estimate of drug-likeness (QED) is 0.475. The van der Waals surface area contributed by atoms with Crippen LogP contribution in [0.25, 0.3) is 5.70 Å². The first-order chi connectivity index (χ1) is 13.1. The van der Waals surface area contributed by atoms with E-state index in [0.717, 1.165) is 38.5 Å². The van der Waals surface area contributed by atoms with Gasteiger partial charge in [-0.05, 0) is 29.8 Å². The van der Waals surface area contributed by atoms with Gasteiger partial charge in [0.2, 0.25) is 0 Å². The van der Waals surface area contributed by atoms with Gasteiger partial charge in [0.15, 0.2) is 5.78 Å². The van der Waals surface area contributed by atoms with Gasteiger partial charge in [0, 0.05) is 21.6 Å². The highest BCUT2D eigenvalue weighted by Gasteiger charge is 2.38. The Morgan fingerprint density at radius 1 is 0.852 bits per heavy atom. The van der Waals surface area contributed by atoms with E-state index in [9.17, 15) is 4.79 Å². The van der Waals surface area contributed by atoms with E-state index in [4.69, 9.17) is 23.2 Å². The van der Waals surface area contributed by atoms with Gasteiger partial charge in [-0.3, -0.25) is 4.79 Å². The minimum absolute atomic E-state index is 0.0597. The Hall–Kier alpha value is -2.20. The summed E-state index contributed by atoms with van der Waals surface area (Å²) in [5.41, 5.74) is 5.28. The molecule has 1 aliphatic carbocycles. The number of rotatable bonds is 1. The lowest BCUT2D eigenvalue weighted by molar-refractivity contribution is 0.103. The molecule has 27 heavy (non-hydrogen) atoms. The third kappa shape index (κ3) is 2.69. The molecular formula is C22H13Cl2NOS. The molecule has 1 aliphatic heterocycles. The van der Waals surface area contributed by atoms with Crippen molar-refractivity contribution in [3.8, 4) is 0 Å². The first-order valence-electron chi connectivity index (χ1n) is 8.49. The number of ketones is 1. The van der Waals surface area contributed by atoms with E-state index in [1.165, 1.54) is 0 Å². The number of hydrogen-bond acceptors (Lipinski definition) is 3. The highest BCUT2D eigenvalue weighted by Crippen LogP contribution is 2.52. The molecule has 0 radical (unpaired) electrons. The third-order valence-corrected chi connectivity index (χ3v) is 6.95. The Morgan fingerprint density at radius 2 is 1.59 bits per heavy atom. The van der Waals surface area contributed by atoms with Gasteiger partial charge in [0.25, 0.3) is 0 Å². The Labute approximate surface area is 171 Å². The number of hydrogen-bond donors (Lipinski definition) is 1. The maximum absolute atomic E-state index is 13.3. The van der Waals surface area contributed by atoms with E-state index in [1.54, 1.807) is 17.8 Å². The van der Waals surface area contributed by atoms with Crippen molar-refractivity contribution in [1.29, 1.82) is 0 Å². The Bertz CT molecular complexity index is 1140. The zero-order valence-corrected chi connectivity index (χ0v) is 16.3. The first kappa shape index (κ1) is 16.9. The van der Waals surface area contributed by atoms with Crippen molar-refractivity contribution >= 4 is 52.1 Å². The van der Waals surface area contributed by atoms with Crippen LogP contribution >= 0.6 is 35.0 Å². The summed E-state index contributed by atoms with van der Waals surface area (Å²) in [6.45, 7) is 0. The summed E-state index contributed by atoms with van der Waals surface area (Å²) in [7, 11) is 0. The largest absolute Gasteiger partial charge is 0.354 e. The van der Waals surface area contributed by atoms with Gasteiger partial charge in [0.1, 0.15) is 0 Å². The summed E-state index contributed by atoms with van der Waals surface area (Å²) in [6.07, 6.45) is 0.